The number of aromatic nitrogens is 2. The van der Waals surface area contributed by atoms with Gasteiger partial charge in [-0.1, -0.05) is 0 Å². The zero-order valence-corrected chi connectivity index (χ0v) is 8.52. The average Bonchev–Trinajstić information content (AvgIpc) is 2.52. The molecule has 78 valence electrons. The van der Waals surface area contributed by atoms with E-state index >= 15 is 0 Å². The molecule has 0 amide bonds. The number of aromatic amines is 2. The van der Waals surface area contributed by atoms with Crippen molar-refractivity contribution in [1.29, 1.82) is 0 Å². The maximum atomic E-state index is 11.2. The molecule has 0 aliphatic carbocycles. The molecule has 0 saturated carbocycles. The Kier molecular flexibility index (Phi) is 2.72. The fourth-order valence-corrected chi connectivity index (χ4v) is 2.05. The molecule has 1 aromatic heterocycles. The average molecular weight is 195 g/mol. The van der Waals surface area contributed by atoms with Crippen molar-refractivity contribution >= 4 is 0 Å². The second-order valence-electron chi connectivity index (χ2n) is 4.10. The Balaban J connectivity index is 2.02. The first-order valence-corrected chi connectivity index (χ1v) is 5.24. The van der Waals surface area contributed by atoms with E-state index in [1.54, 1.807) is 0 Å². The lowest BCUT2D eigenvalue weighted by molar-refractivity contribution is 0.373. The van der Waals surface area contributed by atoms with Crippen LogP contribution in [0.25, 0.3) is 0 Å². The first-order chi connectivity index (χ1) is 6.77. The van der Waals surface area contributed by atoms with E-state index in [1.807, 2.05) is 6.92 Å². The third-order valence-electron chi connectivity index (χ3n) is 3.01. The molecule has 0 radical (unpaired) electrons. The molecule has 0 bridgehead atoms. The topological polar surface area (TPSA) is 60.7 Å². The van der Waals surface area contributed by atoms with Gasteiger partial charge in [-0.25, -0.2) is 0 Å². The number of piperidine rings is 1. The third kappa shape index (κ3) is 1.90. The summed E-state index contributed by atoms with van der Waals surface area (Å²) in [5.74, 6) is 0.675. The molecule has 3 N–H and O–H groups in total. The summed E-state index contributed by atoms with van der Waals surface area (Å²) in [7, 11) is 0. The fourth-order valence-electron chi connectivity index (χ4n) is 2.05. The molecule has 2 rings (SSSR count). The van der Waals surface area contributed by atoms with Gasteiger partial charge in [-0.05, 0) is 45.2 Å². The Hall–Kier alpha value is -1.03. The first-order valence-electron chi connectivity index (χ1n) is 5.24. The normalized spacial score (nSPS) is 22.5. The van der Waals surface area contributed by atoms with Crippen LogP contribution in [0.1, 0.15) is 24.1 Å². The van der Waals surface area contributed by atoms with Gasteiger partial charge in [0.15, 0.2) is 0 Å². The first kappa shape index (κ1) is 9.52. The highest BCUT2D eigenvalue weighted by Crippen LogP contribution is 2.15. The van der Waals surface area contributed by atoms with Crippen LogP contribution >= 0.6 is 0 Å². The van der Waals surface area contributed by atoms with Gasteiger partial charge < -0.3 is 10.4 Å². The number of rotatable bonds is 2. The molecule has 1 unspecified atom stereocenters. The lowest BCUT2D eigenvalue weighted by Crippen LogP contribution is -2.31. The van der Waals surface area contributed by atoms with Crippen LogP contribution in [0.4, 0.5) is 0 Å². The van der Waals surface area contributed by atoms with E-state index in [4.69, 9.17) is 0 Å². The Bertz CT molecular complexity index is 346. The molecule has 1 aromatic rings. The van der Waals surface area contributed by atoms with E-state index in [0.717, 1.165) is 30.8 Å². The molecule has 2 heterocycles. The van der Waals surface area contributed by atoms with Crippen LogP contribution in [0.5, 0.6) is 0 Å². The second kappa shape index (κ2) is 4.00. The van der Waals surface area contributed by atoms with Crippen LogP contribution in [0.3, 0.4) is 0 Å². The minimum absolute atomic E-state index is 0.0174. The van der Waals surface area contributed by atoms with Crippen LogP contribution in [-0.2, 0) is 6.42 Å². The van der Waals surface area contributed by atoms with Gasteiger partial charge in [0.2, 0.25) is 0 Å². The summed E-state index contributed by atoms with van der Waals surface area (Å²) in [4.78, 5) is 11.2. The second-order valence-corrected chi connectivity index (χ2v) is 4.10. The van der Waals surface area contributed by atoms with Crippen molar-refractivity contribution in [2.24, 2.45) is 5.92 Å². The molecule has 1 saturated heterocycles. The Morgan fingerprint density at radius 3 is 2.86 bits per heavy atom. The summed E-state index contributed by atoms with van der Waals surface area (Å²) in [5, 5.41) is 8.96. The molecule has 1 aliphatic heterocycles. The molecule has 4 nitrogen and oxygen atoms in total. The maximum absolute atomic E-state index is 11.2. The minimum Gasteiger partial charge on any atom is -0.316 e. The van der Waals surface area contributed by atoms with Crippen molar-refractivity contribution in [2.75, 3.05) is 13.1 Å². The van der Waals surface area contributed by atoms with E-state index in [-0.39, 0.29) is 5.56 Å². The molecule has 0 spiro atoms. The molecular formula is C10H17N3O. The van der Waals surface area contributed by atoms with Gasteiger partial charge in [0.1, 0.15) is 0 Å². The van der Waals surface area contributed by atoms with Gasteiger partial charge in [0.25, 0.3) is 5.56 Å². The maximum Gasteiger partial charge on any atom is 0.267 e. The van der Waals surface area contributed by atoms with Crippen molar-refractivity contribution in [3.8, 4) is 0 Å². The van der Waals surface area contributed by atoms with Crippen LogP contribution in [0.2, 0.25) is 0 Å². The van der Waals surface area contributed by atoms with Crippen molar-refractivity contribution in [1.82, 2.24) is 15.5 Å². The summed E-state index contributed by atoms with van der Waals surface area (Å²) in [6.07, 6.45) is 3.50. The highest BCUT2D eigenvalue weighted by Gasteiger charge is 2.15. The van der Waals surface area contributed by atoms with Crippen molar-refractivity contribution < 1.29 is 0 Å². The fraction of sp³-hybridized carbons (Fsp3) is 0.700. The summed E-state index contributed by atoms with van der Waals surface area (Å²) >= 11 is 0. The molecule has 14 heavy (non-hydrogen) atoms. The van der Waals surface area contributed by atoms with Crippen LogP contribution < -0.4 is 10.9 Å². The van der Waals surface area contributed by atoms with Gasteiger partial charge in [0.05, 0.1) is 0 Å². The standard InChI is InChI=1S/C10H17N3O/c1-7-9(12-13-10(7)14)5-8-3-2-4-11-6-8/h8,11H,2-6H2,1H3,(H2,12,13,14). The van der Waals surface area contributed by atoms with Crippen LogP contribution in [0, 0.1) is 12.8 Å². The smallest absolute Gasteiger partial charge is 0.267 e. The number of H-pyrrole nitrogens is 2. The summed E-state index contributed by atoms with van der Waals surface area (Å²) < 4.78 is 0. The SMILES string of the molecule is Cc1c(CC2CCCNC2)[nH][nH]c1=O. The van der Waals surface area contributed by atoms with Gasteiger partial charge in [-0.3, -0.25) is 9.89 Å². The van der Waals surface area contributed by atoms with E-state index in [1.165, 1.54) is 12.8 Å². The number of hydrogen-bond acceptors (Lipinski definition) is 2. The quantitative estimate of drug-likeness (QED) is 0.645. The predicted octanol–water partition coefficient (Wildman–Crippen LogP) is 0.554. The molecular weight excluding hydrogens is 178 g/mol. The Morgan fingerprint density at radius 1 is 1.43 bits per heavy atom. The largest absolute Gasteiger partial charge is 0.316 e. The lowest BCUT2D eigenvalue weighted by Gasteiger charge is -2.22. The van der Waals surface area contributed by atoms with Gasteiger partial charge in [-0.15, -0.1) is 0 Å². The summed E-state index contributed by atoms with van der Waals surface area (Å²) in [6, 6.07) is 0. The van der Waals surface area contributed by atoms with Crippen molar-refractivity contribution in [2.45, 2.75) is 26.2 Å². The Labute approximate surface area is 83.1 Å². The summed E-state index contributed by atoms with van der Waals surface area (Å²) in [6.45, 7) is 4.09. The summed E-state index contributed by atoms with van der Waals surface area (Å²) in [5.41, 5.74) is 1.93. The van der Waals surface area contributed by atoms with E-state index in [9.17, 15) is 4.79 Å². The lowest BCUT2D eigenvalue weighted by atomic mass is 9.94. The zero-order valence-electron chi connectivity index (χ0n) is 8.52. The van der Waals surface area contributed by atoms with Gasteiger partial charge in [-0.2, -0.15) is 0 Å². The number of nitrogens with one attached hydrogen (secondary N) is 3. The molecule has 4 heteroatoms. The van der Waals surface area contributed by atoms with Crippen LogP contribution in [-0.4, -0.2) is 23.3 Å². The Morgan fingerprint density at radius 2 is 2.29 bits per heavy atom. The number of hydrogen-bond donors (Lipinski definition) is 3. The van der Waals surface area contributed by atoms with Crippen molar-refractivity contribution in [3.63, 3.8) is 0 Å². The van der Waals surface area contributed by atoms with Gasteiger partial charge >= 0.3 is 0 Å². The third-order valence-corrected chi connectivity index (χ3v) is 3.01. The van der Waals surface area contributed by atoms with E-state index in [2.05, 4.69) is 15.5 Å². The molecule has 1 atom stereocenters. The predicted molar refractivity (Wildman–Crippen MR) is 55.4 cm³/mol. The minimum atomic E-state index is 0.0174. The molecule has 0 aromatic carbocycles. The highest BCUT2D eigenvalue weighted by molar-refractivity contribution is 5.14. The van der Waals surface area contributed by atoms with Gasteiger partial charge in [0, 0.05) is 11.3 Å². The van der Waals surface area contributed by atoms with Crippen LogP contribution in [0.15, 0.2) is 4.79 Å². The van der Waals surface area contributed by atoms with E-state index in [0.29, 0.717) is 5.92 Å². The monoisotopic (exact) mass is 195 g/mol. The van der Waals surface area contributed by atoms with Crippen molar-refractivity contribution in [3.05, 3.63) is 21.6 Å². The molecule has 1 fully saturated rings. The zero-order chi connectivity index (χ0) is 9.97. The highest BCUT2D eigenvalue weighted by atomic mass is 16.1. The molecule has 1 aliphatic rings. The van der Waals surface area contributed by atoms with E-state index < -0.39 is 0 Å².